The first-order chi connectivity index (χ1) is 13.1. The summed E-state index contributed by atoms with van der Waals surface area (Å²) in [6.07, 6.45) is 3.27. The Hall–Kier alpha value is -3.68. The molecule has 0 aliphatic heterocycles. The third-order valence-corrected chi connectivity index (χ3v) is 3.82. The van der Waals surface area contributed by atoms with Crippen LogP contribution in [0.4, 0.5) is 5.69 Å². The molecule has 1 aromatic carbocycles. The zero-order valence-electron chi connectivity index (χ0n) is 14.9. The third-order valence-electron chi connectivity index (χ3n) is 3.82. The molecule has 27 heavy (non-hydrogen) atoms. The van der Waals surface area contributed by atoms with Crippen molar-refractivity contribution in [3.05, 3.63) is 65.2 Å². The van der Waals surface area contributed by atoms with Crippen LogP contribution in [0.25, 0.3) is 11.3 Å². The highest BCUT2D eigenvalue weighted by Crippen LogP contribution is 2.28. The Labute approximate surface area is 155 Å². The zero-order chi connectivity index (χ0) is 19.2. The molecule has 3 rings (SSSR count). The first kappa shape index (κ1) is 18.1. The summed E-state index contributed by atoms with van der Waals surface area (Å²) in [5.41, 5.74) is 1.44. The Morgan fingerprint density at radius 1 is 1.07 bits per heavy atom. The molecule has 8 nitrogen and oxygen atoms in total. The minimum absolute atomic E-state index is 0.238. The second-order valence-electron chi connectivity index (χ2n) is 5.56. The molecular weight excluding hydrogens is 348 g/mol. The van der Waals surface area contributed by atoms with Gasteiger partial charge in [0, 0.05) is 30.1 Å². The normalized spacial score (nSPS) is 10.3. The van der Waals surface area contributed by atoms with E-state index in [1.54, 1.807) is 48.8 Å². The molecule has 8 heteroatoms. The van der Waals surface area contributed by atoms with Crippen molar-refractivity contribution in [1.29, 1.82) is 0 Å². The van der Waals surface area contributed by atoms with E-state index in [9.17, 15) is 9.59 Å². The molecular formula is C19H18N4O4. The van der Waals surface area contributed by atoms with Crippen molar-refractivity contribution >= 4 is 11.6 Å². The van der Waals surface area contributed by atoms with Crippen LogP contribution in [0.15, 0.2) is 59.7 Å². The van der Waals surface area contributed by atoms with E-state index in [-0.39, 0.29) is 12.1 Å². The molecule has 0 saturated carbocycles. The van der Waals surface area contributed by atoms with Gasteiger partial charge in [0.15, 0.2) is 0 Å². The molecule has 0 unspecified atom stereocenters. The monoisotopic (exact) mass is 366 g/mol. The van der Waals surface area contributed by atoms with Crippen LogP contribution < -0.4 is 20.3 Å². The number of anilines is 1. The summed E-state index contributed by atoms with van der Waals surface area (Å²) in [6.45, 7) is -0.238. The van der Waals surface area contributed by atoms with Crippen LogP contribution in [0, 0.1) is 0 Å². The highest BCUT2D eigenvalue weighted by molar-refractivity contribution is 5.92. The maximum Gasteiger partial charge on any atom is 0.267 e. The third kappa shape index (κ3) is 4.30. The van der Waals surface area contributed by atoms with E-state index in [4.69, 9.17) is 9.47 Å². The number of aromatic nitrogens is 3. The van der Waals surface area contributed by atoms with Crippen LogP contribution in [0.1, 0.15) is 0 Å². The Balaban J connectivity index is 1.81. The van der Waals surface area contributed by atoms with E-state index >= 15 is 0 Å². The quantitative estimate of drug-likeness (QED) is 0.717. The first-order valence-electron chi connectivity index (χ1n) is 8.11. The molecule has 0 aliphatic carbocycles. The maximum atomic E-state index is 12.4. The molecule has 1 amide bonds. The maximum absolute atomic E-state index is 12.4. The first-order valence-corrected chi connectivity index (χ1v) is 8.11. The number of nitrogens with one attached hydrogen (secondary N) is 1. The van der Waals surface area contributed by atoms with Gasteiger partial charge in [0.25, 0.3) is 5.56 Å². The fraction of sp³-hybridized carbons (Fsp3) is 0.158. The van der Waals surface area contributed by atoms with E-state index in [0.717, 1.165) is 10.2 Å². The summed E-state index contributed by atoms with van der Waals surface area (Å²) in [6, 6.07) is 11.6. The zero-order valence-corrected chi connectivity index (χ0v) is 14.9. The molecule has 2 heterocycles. The number of carbonyl (C=O) groups excluding carboxylic acids is 1. The number of nitrogens with zero attached hydrogens (tertiary/aromatic N) is 3. The van der Waals surface area contributed by atoms with Crippen molar-refractivity contribution in [3.8, 4) is 22.8 Å². The lowest BCUT2D eigenvalue weighted by Crippen LogP contribution is -2.29. The van der Waals surface area contributed by atoms with E-state index in [1.165, 1.54) is 20.3 Å². The smallest absolute Gasteiger partial charge is 0.267 e. The van der Waals surface area contributed by atoms with Crippen molar-refractivity contribution in [1.82, 2.24) is 14.8 Å². The summed E-state index contributed by atoms with van der Waals surface area (Å²) in [5, 5.41) is 6.98. The summed E-state index contributed by atoms with van der Waals surface area (Å²) in [5.74, 6) is 0.638. The molecule has 2 aromatic heterocycles. The predicted octanol–water partition coefficient (Wildman–Crippen LogP) is 1.96. The molecule has 0 saturated heterocycles. The van der Waals surface area contributed by atoms with Gasteiger partial charge in [0.2, 0.25) is 5.91 Å². The topological polar surface area (TPSA) is 95.3 Å². The number of amides is 1. The number of hydrogen-bond donors (Lipinski definition) is 1. The van der Waals surface area contributed by atoms with Crippen LogP contribution >= 0.6 is 0 Å². The molecule has 0 atom stereocenters. The van der Waals surface area contributed by atoms with Gasteiger partial charge in [0.1, 0.15) is 18.0 Å². The summed E-state index contributed by atoms with van der Waals surface area (Å²) in [4.78, 5) is 28.5. The summed E-state index contributed by atoms with van der Waals surface area (Å²) in [7, 11) is 3.03. The number of ether oxygens (including phenoxy) is 2. The molecule has 0 spiro atoms. The van der Waals surface area contributed by atoms with Gasteiger partial charge in [-0.05, 0) is 30.3 Å². The van der Waals surface area contributed by atoms with Crippen molar-refractivity contribution in [2.75, 3.05) is 19.5 Å². The lowest BCUT2D eigenvalue weighted by atomic mass is 10.2. The summed E-state index contributed by atoms with van der Waals surface area (Å²) >= 11 is 0. The Morgan fingerprint density at radius 3 is 2.56 bits per heavy atom. The average Bonchev–Trinajstić information content (AvgIpc) is 2.70. The molecule has 0 fully saturated rings. The largest absolute Gasteiger partial charge is 0.497 e. The highest BCUT2D eigenvalue weighted by Gasteiger charge is 2.12. The lowest BCUT2D eigenvalue weighted by molar-refractivity contribution is -0.117. The molecule has 138 valence electrons. The molecule has 0 radical (unpaired) electrons. The van der Waals surface area contributed by atoms with Gasteiger partial charge in [-0.25, -0.2) is 4.68 Å². The van der Waals surface area contributed by atoms with E-state index in [1.807, 2.05) is 0 Å². The second-order valence-corrected chi connectivity index (χ2v) is 5.56. The van der Waals surface area contributed by atoms with Gasteiger partial charge in [-0.1, -0.05) is 0 Å². The van der Waals surface area contributed by atoms with Gasteiger partial charge >= 0.3 is 0 Å². The van der Waals surface area contributed by atoms with Crippen LogP contribution in [0.2, 0.25) is 0 Å². The van der Waals surface area contributed by atoms with E-state index < -0.39 is 5.91 Å². The van der Waals surface area contributed by atoms with Crippen molar-refractivity contribution in [2.24, 2.45) is 0 Å². The summed E-state index contributed by atoms with van der Waals surface area (Å²) < 4.78 is 11.5. The molecule has 0 bridgehead atoms. The van der Waals surface area contributed by atoms with Gasteiger partial charge in [-0.3, -0.25) is 14.6 Å². The number of hydrogen-bond acceptors (Lipinski definition) is 6. The second kappa shape index (κ2) is 8.13. The van der Waals surface area contributed by atoms with Crippen LogP contribution in [0.5, 0.6) is 11.5 Å². The predicted molar refractivity (Wildman–Crippen MR) is 99.9 cm³/mol. The highest BCUT2D eigenvalue weighted by atomic mass is 16.5. The minimum atomic E-state index is -0.414. The number of carbonyl (C=O) groups is 1. The number of rotatable bonds is 6. The van der Waals surface area contributed by atoms with Crippen LogP contribution in [-0.4, -0.2) is 34.9 Å². The standard InChI is InChI=1S/C19H18N4O4/c1-26-14-3-5-17(27-2)16(11-14)21-18(24)12-23-19(25)6-4-15(22-23)13-7-9-20-10-8-13/h3-11H,12H2,1-2H3,(H,21,24). The van der Waals surface area contributed by atoms with E-state index in [2.05, 4.69) is 15.4 Å². The van der Waals surface area contributed by atoms with Gasteiger partial charge in [0.05, 0.1) is 25.6 Å². The Morgan fingerprint density at radius 2 is 1.85 bits per heavy atom. The Bertz CT molecular complexity index is 1000. The van der Waals surface area contributed by atoms with Crippen molar-refractivity contribution < 1.29 is 14.3 Å². The van der Waals surface area contributed by atoms with Crippen molar-refractivity contribution in [2.45, 2.75) is 6.54 Å². The van der Waals surface area contributed by atoms with Gasteiger partial charge in [-0.15, -0.1) is 0 Å². The number of pyridine rings is 1. The number of benzene rings is 1. The van der Waals surface area contributed by atoms with E-state index in [0.29, 0.717) is 22.9 Å². The average molecular weight is 366 g/mol. The Kier molecular flexibility index (Phi) is 5.46. The van der Waals surface area contributed by atoms with Crippen LogP contribution in [0.3, 0.4) is 0 Å². The SMILES string of the molecule is COc1ccc(OC)c(NC(=O)Cn2nc(-c3ccncc3)ccc2=O)c1. The fourth-order valence-corrected chi connectivity index (χ4v) is 2.48. The number of methoxy groups -OCH3 is 2. The minimum Gasteiger partial charge on any atom is -0.497 e. The molecule has 3 aromatic rings. The van der Waals surface area contributed by atoms with Crippen LogP contribution in [-0.2, 0) is 11.3 Å². The van der Waals surface area contributed by atoms with Gasteiger partial charge < -0.3 is 14.8 Å². The van der Waals surface area contributed by atoms with Crippen molar-refractivity contribution in [3.63, 3.8) is 0 Å². The van der Waals surface area contributed by atoms with Gasteiger partial charge in [-0.2, -0.15) is 5.10 Å². The molecule has 0 aliphatic rings. The fourth-order valence-electron chi connectivity index (χ4n) is 2.48. The lowest BCUT2D eigenvalue weighted by Gasteiger charge is -2.12. The molecule has 1 N–H and O–H groups in total.